The van der Waals surface area contributed by atoms with Crippen molar-refractivity contribution in [1.82, 2.24) is 29.2 Å². The first-order valence-corrected chi connectivity index (χ1v) is 9.84. The van der Waals surface area contributed by atoms with Crippen LogP contribution in [0.1, 0.15) is 53.9 Å². The summed E-state index contributed by atoms with van der Waals surface area (Å²) >= 11 is 0. The Morgan fingerprint density at radius 1 is 1.10 bits per heavy atom. The van der Waals surface area contributed by atoms with E-state index in [9.17, 15) is 4.79 Å². The number of aryl methyl sites for hydroxylation is 2. The molecule has 0 N–H and O–H groups in total. The minimum Gasteiger partial charge on any atom is -0.337 e. The highest BCUT2D eigenvalue weighted by atomic mass is 16.5. The van der Waals surface area contributed by atoms with Gasteiger partial charge in [0.25, 0.3) is 5.56 Å². The zero-order chi connectivity index (χ0) is 20.0. The molecule has 4 aromatic rings. The summed E-state index contributed by atoms with van der Waals surface area (Å²) in [4.78, 5) is 25.6. The average Bonchev–Trinajstić information content (AvgIpc) is 3.45. The summed E-state index contributed by atoms with van der Waals surface area (Å²) in [5.41, 5.74) is 3.39. The number of rotatable bonds is 4. The molecule has 0 aliphatic heterocycles. The van der Waals surface area contributed by atoms with Crippen LogP contribution in [0.15, 0.2) is 46.2 Å². The summed E-state index contributed by atoms with van der Waals surface area (Å²) in [6.07, 6.45) is 6.24. The van der Waals surface area contributed by atoms with E-state index in [1.807, 2.05) is 0 Å². The Bertz CT molecular complexity index is 1220. The van der Waals surface area contributed by atoms with Crippen molar-refractivity contribution in [3.8, 4) is 0 Å². The van der Waals surface area contributed by atoms with Gasteiger partial charge in [-0.05, 0) is 37.7 Å². The molecule has 1 aliphatic carbocycles. The molecule has 8 nitrogen and oxygen atoms in total. The number of hydrogen-bond donors (Lipinski definition) is 0. The second-order valence-electron chi connectivity index (χ2n) is 7.87. The van der Waals surface area contributed by atoms with Crippen LogP contribution in [0.5, 0.6) is 0 Å². The zero-order valence-corrected chi connectivity index (χ0v) is 16.4. The molecule has 0 radical (unpaired) electrons. The maximum absolute atomic E-state index is 12.7. The lowest BCUT2D eigenvalue weighted by Gasteiger charge is -2.10. The molecule has 0 spiro atoms. The number of nitrogens with zero attached hydrogens (tertiary/aromatic N) is 6. The summed E-state index contributed by atoms with van der Waals surface area (Å²) in [6, 6.07) is 8.77. The lowest BCUT2D eigenvalue weighted by atomic mass is 9.95. The topological polar surface area (TPSA) is 91.6 Å². The Kier molecular flexibility index (Phi) is 4.26. The number of fused-ring (bicyclic) bond motifs is 1. The molecule has 2 unspecified atom stereocenters. The molecule has 0 saturated heterocycles. The van der Waals surface area contributed by atoms with Gasteiger partial charge in [-0.1, -0.05) is 35.0 Å². The predicted molar refractivity (Wildman–Crippen MR) is 107 cm³/mol. The third kappa shape index (κ3) is 3.24. The van der Waals surface area contributed by atoms with Crippen LogP contribution >= 0.6 is 0 Å². The minimum atomic E-state index is -0.171. The van der Waals surface area contributed by atoms with Gasteiger partial charge in [-0.3, -0.25) is 9.36 Å². The maximum Gasteiger partial charge on any atom is 0.280 e. The van der Waals surface area contributed by atoms with E-state index < -0.39 is 0 Å². The van der Waals surface area contributed by atoms with Crippen molar-refractivity contribution in [3.05, 3.63) is 70.1 Å². The standard InChI is InChI=1S/C21H22N6O2/c1-13-3-5-14(6-4-13)15-7-8-16(9-15)19-24-17(29-25-19)10-27-12-23-20-18(21(27)28)26(2)11-22-20/h3-6,11-12,15-16H,7-10H2,1-2H3. The molecule has 3 aromatic heterocycles. The van der Waals surface area contributed by atoms with Gasteiger partial charge < -0.3 is 9.09 Å². The van der Waals surface area contributed by atoms with Crippen molar-refractivity contribution >= 4 is 11.2 Å². The smallest absolute Gasteiger partial charge is 0.280 e. The van der Waals surface area contributed by atoms with Gasteiger partial charge in [0.15, 0.2) is 17.0 Å². The summed E-state index contributed by atoms with van der Waals surface area (Å²) < 4.78 is 8.59. The van der Waals surface area contributed by atoms with Crippen molar-refractivity contribution < 1.29 is 4.52 Å². The van der Waals surface area contributed by atoms with Gasteiger partial charge in [0, 0.05) is 13.0 Å². The normalized spacial score (nSPS) is 19.2. The number of benzene rings is 1. The molecule has 1 aliphatic rings. The first-order valence-electron chi connectivity index (χ1n) is 9.84. The van der Waals surface area contributed by atoms with E-state index in [4.69, 9.17) is 4.52 Å². The van der Waals surface area contributed by atoms with Crippen LogP contribution in [-0.2, 0) is 13.6 Å². The van der Waals surface area contributed by atoms with Crippen molar-refractivity contribution in [2.24, 2.45) is 7.05 Å². The van der Waals surface area contributed by atoms with Gasteiger partial charge in [0.05, 0.1) is 6.33 Å². The number of imidazole rings is 1. The van der Waals surface area contributed by atoms with Crippen LogP contribution in [0.25, 0.3) is 11.2 Å². The van der Waals surface area contributed by atoms with E-state index in [-0.39, 0.29) is 18.0 Å². The van der Waals surface area contributed by atoms with Gasteiger partial charge in [0.2, 0.25) is 5.89 Å². The summed E-state index contributed by atoms with van der Waals surface area (Å²) in [6.45, 7) is 2.31. The van der Waals surface area contributed by atoms with Crippen LogP contribution < -0.4 is 5.56 Å². The number of aromatic nitrogens is 6. The van der Waals surface area contributed by atoms with Crippen molar-refractivity contribution in [2.75, 3.05) is 0 Å². The molecular weight excluding hydrogens is 368 g/mol. The Morgan fingerprint density at radius 3 is 2.69 bits per heavy atom. The molecule has 8 heteroatoms. The van der Waals surface area contributed by atoms with Gasteiger partial charge in [-0.25, -0.2) is 9.97 Å². The van der Waals surface area contributed by atoms with Crippen LogP contribution in [0.2, 0.25) is 0 Å². The molecule has 0 bridgehead atoms. The number of hydrogen-bond acceptors (Lipinski definition) is 6. The van der Waals surface area contributed by atoms with Crippen LogP contribution in [-0.4, -0.2) is 29.2 Å². The predicted octanol–water partition coefficient (Wildman–Crippen LogP) is 2.92. The highest BCUT2D eigenvalue weighted by molar-refractivity contribution is 5.68. The summed E-state index contributed by atoms with van der Waals surface area (Å²) in [5.74, 6) is 1.97. The monoisotopic (exact) mass is 390 g/mol. The van der Waals surface area contributed by atoms with Crippen molar-refractivity contribution in [3.63, 3.8) is 0 Å². The van der Waals surface area contributed by atoms with Gasteiger partial charge in [-0.2, -0.15) is 4.98 Å². The van der Waals surface area contributed by atoms with E-state index >= 15 is 0 Å². The quantitative estimate of drug-likeness (QED) is 0.532. The Morgan fingerprint density at radius 2 is 1.86 bits per heavy atom. The molecule has 1 saturated carbocycles. The largest absolute Gasteiger partial charge is 0.337 e. The Hall–Kier alpha value is -3.29. The van der Waals surface area contributed by atoms with E-state index in [0.717, 1.165) is 25.1 Å². The van der Waals surface area contributed by atoms with Crippen LogP contribution in [0, 0.1) is 6.92 Å². The summed E-state index contributed by atoms with van der Waals surface area (Å²) in [7, 11) is 1.78. The van der Waals surface area contributed by atoms with Crippen molar-refractivity contribution in [1.29, 1.82) is 0 Å². The highest BCUT2D eigenvalue weighted by Crippen LogP contribution is 2.42. The van der Waals surface area contributed by atoms with E-state index in [1.165, 1.54) is 22.0 Å². The molecule has 29 heavy (non-hydrogen) atoms. The van der Waals surface area contributed by atoms with Crippen molar-refractivity contribution in [2.45, 2.75) is 44.6 Å². The van der Waals surface area contributed by atoms with Crippen LogP contribution in [0.3, 0.4) is 0 Å². The lowest BCUT2D eigenvalue weighted by molar-refractivity contribution is 0.361. The second kappa shape index (κ2) is 6.95. The second-order valence-corrected chi connectivity index (χ2v) is 7.87. The average molecular weight is 390 g/mol. The van der Waals surface area contributed by atoms with E-state index in [2.05, 4.69) is 51.3 Å². The third-order valence-electron chi connectivity index (χ3n) is 5.84. The lowest BCUT2D eigenvalue weighted by Crippen LogP contribution is -2.22. The minimum absolute atomic E-state index is 0.171. The Balaban J connectivity index is 1.32. The first-order chi connectivity index (χ1) is 14.1. The zero-order valence-electron chi connectivity index (χ0n) is 16.4. The summed E-state index contributed by atoms with van der Waals surface area (Å²) in [5, 5.41) is 4.20. The molecule has 1 fully saturated rings. The fourth-order valence-corrected chi connectivity index (χ4v) is 4.19. The Labute approximate surface area is 167 Å². The molecule has 148 valence electrons. The van der Waals surface area contributed by atoms with Gasteiger partial charge in [-0.15, -0.1) is 0 Å². The SMILES string of the molecule is Cc1ccc(C2CCC(c3noc(Cn4cnc5ncn(C)c5c4=O)n3)C2)cc1. The molecule has 2 atom stereocenters. The molecular formula is C21H22N6O2. The van der Waals surface area contributed by atoms with E-state index in [1.54, 1.807) is 17.9 Å². The molecule has 3 heterocycles. The van der Waals surface area contributed by atoms with Gasteiger partial charge >= 0.3 is 0 Å². The van der Waals surface area contributed by atoms with Crippen LogP contribution in [0.4, 0.5) is 0 Å². The van der Waals surface area contributed by atoms with E-state index in [0.29, 0.717) is 23.0 Å². The first kappa shape index (κ1) is 17.8. The van der Waals surface area contributed by atoms with Gasteiger partial charge in [0.1, 0.15) is 12.9 Å². The molecule has 5 rings (SSSR count). The maximum atomic E-state index is 12.7. The fraction of sp³-hybridized carbons (Fsp3) is 0.381. The molecule has 1 aromatic carbocycles. The third-order valence-corrected chi connectivity index (χ3v) is 5.84. The fourth-order valence-electron chi connectivity index (χ4n) is 4.19. The molecule has 0 amide bonds. The highest BCUT2D eigenvalue weighted by Gasteiger charge is 2.30.